The lowest BCUT2D eigenvalue weighted by molar-refractivity contribution is -0.115. The van der Waals surface area contributed by atoms with E-state index in [0.717, 1.165) is 13.0 Å². The van der Waals surface area contributed by atoms with Crippen molar-refractivity contribution in [3.8, 4) is 0 Å². The zero-order valence-corrected chi connectivity index (χ0v) is 12.4. The van der Waals surface area contributed by atoms with Crippen LogP contribution in [0.3, 0.4) is 0 Å². The molecule has 1 amide bonds. The van der Waals surface area contributed by atoms with Crippen LogP contribution in [0.2, 0.25) is 0 Å². The number of aromatic nitrogens is 1. The molecule has 0 aliphatic heterocycles. The van der Waals surface area contributed by atoms with Gasteiger partial charge >= 0.3 is 0 Å². The SMILES string of the molecule is Cc1cc(NC(=O)[C@@H](C)S(=O)(=O)c2ccc(F)c(F)c2)no1. The summed E-state index contributed by atoms with van der Waals surface area (Å²) >= 11 is 0. The molecule has 1 heterocycles. The number of hydrogen-bond acceptors (Lipinski definition) is 5. The van der Waals surface area contributed by atoms with Crippen LogP contribution in [0, 0.1) is 18.6 Å². The molecule has 6 nitrogen and oxygen atoms in total. The van der Waals surface area contributed by atoms with Crippen LogP contribution in [0.4, 0.5) is 14.6 Å². The zero-order chi connectivity index (χ0) is 16.5. The van der Waals surface area contributed by atoms with Crippen molar-refractivity contribution < 1.29 is 26.5 Å². The predicted octanol–water partition coefficient (Wildman–Crippen LogP) is 2.06. The Bertz CT molecular complexity index is 817. The van der Waals surface area contributed by atoms with Crippen molar-refractivity contribution in [3.63, 3.8) is 0 Å². The fraction of sp³-hybridized carbons (Fsp3) is 0.231. The Morgan fingerprint density at radius 3 is 2.50 bits per heavy atom. The van der Waals surface area contributed by atoms with E-state index in [2.05, 4.69) is 10.5 Å². The molecule has 0 aliphatic carbocycles. The molecule has 0 fully saturated rings. The van der Waals surface area contributed by atoms with Crippen molar-refractivity contribution in [2.45, 2.75) is 24.0 Å². The van der Waals surface area contributed by atoms with Gasteiger partial charge in [-0.1, -0.05) is 5.16 Å². The minimum absolute atomic E-state index is 0.0647. The number of halogens is 2. The van der Waals surface area contributed by atoms with Crippen LogP contribution in [0.1, 0.15) is 12.7 Å². The van der Waals surface area contributed by atoms with E-state index in [0.29, 0.717) is 17.9 Å². The van der Waals surface area contributed by atoms with Gasteiger partial charge < -0.3 is 9.84 Å². The van der Waals surface area contributed by atoms with Crippen LogP contribution in [-0.2, 0) is 14.6 Å². The number of amides is 1. The number of nitrogens with zero attached hydrogens (tertiary/aromatic N) is 1. The predicted molar refractivity (Wildman–Crippen MR) is 72.9 cm³/mol. The number of aryl methyl sites for hydroxylation is 1. The Kier molecular flexibility index (Phi) is 4.27. The highest BCUT2D eigenvalue weighted by Crippen LogP contribution is 2.20. The Morgan fingerprint density at radius 2 is 1.95 bits per heavy atom. The van der Waals surface area contributed by atoms with Gasteiger partial charge in [0, 0.05) is 6.07 Å². The second kappa shape index (κ2) is 5.84. The minimum Gasteiger partial charge on any atom is -0.360 e. The summed E-state index contributed by atoms with van der Waals surface area (Å²) in [5, 5.41) is 4.26. The summed E-state index contributed by atoms with van der Waals surface area (Å²) in [6, 6.07) is 3.54. The average molecular weight is 330 g/mol. The number of carbonyl (C=O) groups is 1. The first-order valence-electron chi connectivity index (χ1n) is 6.15. The molecule has 2 rings (SSSR count). The monoisotopic (exact) mass is 330 g/mol. The van der Waals surface area contributed by atoms with Gasteiger partial charge in [0.1, 0.15) is 11.0 Å². The van der Waals surface area contributed by atoms with Gasteiger partial charge in [-0.2, -0.15) is 0 Å². The summed E-state index contributed by atoms with van der Waals surface area (Å²) in [7, 11) is -4.17. The maximum Gasteiger partial charge on any atom is 0.244 e. The van der Waals surface area contributed by atoms with Gasteiger partial charge in [-0.3, -0.25) is 4.79 Å². The molecule has 1 aromatic carbocycles. The molecule has 2 aromatic rings. The normalized spacial score (nSPS) is 12.9. The van der Waals surface area contributed by atoms with Crippen molar-refractivity contribution in [2.75, 3.05) is 5.32 Å². The smallest absolute Gasteiger partial charge is 0.244 e. The van der Waals surface area contributed by atoms with Gasteiger partial charge in [-0.05, 0) is 32.0 Å². The van der Waals surface area contributed by atoms with Gasteiger partial charge in [0.05, 0.1) is 4.90 Å². The van der Waals surface area contributed by atoms with Gasteiger partial charge in [-0.25, -0.2) is 17.2 Å². The highest BCUT2D eigenvalue weighted by molar-refractivity contribution is 7.92. The number of hydrogen-bond donors (Lipinski definition) is 1. The standard InChI is InChI=1S/C13H12F2N2O4S/c1-7-5-12(17-21-7)16-13(18)8(2)22(19,20)9-3-4-10(14)11(15)6-9/h3-6,8H,1-2H3,(H,16,17,18)/t8-/m1/s1. The lowest BCUT2D eigenvalue weighted by Crippen LogP contribution is -2.32. The van der Waals surface area contributed by atoms with Crippen molar-refractivity contribution in [1.82, 2.24) is 5.16 Å². The first kappa shape index (κ1) is 16.1. The molecule has 0 saturated heterocycles. The van der Waals surface area contributed by atoms with Crippen molar-refractivity contribution >= 4 is 21.6 Å². The average Bonchev–Trinajstić information content (AvgIpc) is 2.86. The first-order valence-corrected chi connectivity index (χ1v) is 7.69. The van der Waals surface area contributed by atoms with Gasteiger partial charge in [0.2, 0.25) is 5.91 Å². The molecule has 9 heteroatoms. The molecule has 0 radical (unpaired) electrons. The quantitative estimate of drug-likeness (QED) is 0.867. The molecule has 1 aromatic heterocycles. The van der Waals surface area contributed by atoms with E-state index in [1.165, 1.54) is 6.07 Å². The Labute approximate surface area is 125 Å². The molecule has 0 bridgehead atoms. The van der Waals surface area contributed by atoms with Crippen LogP contribution in [-0.4, -0.2) is 24.7 Å². The topological polar surface area (TPSA) is 89.3 Å². The molecule has 0 unspecified atom stereocenters. The largest absolute Gasteiger partial charge is 0.360 e. The maximum atomic E-state index is 13.2. The summed E-state index contributed by atoms with van der Waals surface area (Å²) in [4.78, 5) is 11.5. The third kappa shape index (κ3) is 3.14. The van der Waals surface area contributed by atoms with E-state index in [-0.39, 0.29) is 5.82 Å². The Balaban J connectivity index is 2.24. The van der Waals surface area contributed by atoms with Crippen molar-refractivity contribution in [2.24, 2.45) is 0 Å². The molecule has 0 spiro atoms. The van der Waals surface area contributed by atoms with Crippen LogP contribution in [0.25, 0.3) is 0 Å². The lowest BCUT2D eigenvalue weighted by atomic mass is 10.3. The number of carbonyl (C=O) groups excluding carboxylic acids is 1. The number of rotatable bonds is 4. The van der Waals surface area contributed by atoms with Gasteiger partial charge in [-0.15, -0.1) is 0 Å². The first-order chi connectivity index (χ1) is 10.2. The molecule has 1 atom stereocenters. The maximum absolute atomic E-state index is 13.2. The molecular formula is C13H12F2N2O4S. The fourth-order valence-corrected chi connectivity index (χ4v) is 2.93. The summed E-state index contributed by atoms with van der Waals surface area (Å²) in [5.41, 5.74) is 0. The highest BCUT2D eigenvalue weighted by Gasteiger charge is 2.31. The second-order valence-electron chi connectivity index (χ2n) is 4.58. The molecular weight excluding hydrogens is 318 g/mol. The minimum atomic E-state index is -4.17. The Morgan fingerprint density at radius 1 is 1.27 bits per heavy atom. The van der Waals surface area contributed by atoms with E-state index in [9.17, 15) is 22.0 Å². The molecule has 118 valence electrons. The van der Waals surface area contributed by atoms with E-state index in [1.54, 1.807) is 6.92 Å². The number of sulfone groups is 1. The van der Waals surface area contributed by atoms with Crippen LogP contribution in [0.15, 0.2) is 33.7 Å². The summed E-state index contributed by atoms with van der Waals surface area (Å²) in [6.07, 6.45) is 0. The number of benzene rings is 1. The number of anilines is 1. The third-order valence-corrected chi connectivity index (χ3v) is 4.99. The molecule has 22 heavy (non-hydrogen) atoms. The van der Waals surface area contributed by atoms with E-state index >= 15 is 0 Å². The lowest BCUT2D eigenvalue weighted by Gasteiger charge is -2.12. The number of nitrogens with one attached hydrogen (secondary N) is 1. The van der Waals surface area contributed by atoms with Gasteiger partial charge in [0.25, 0.3) is 0 Å². The van der Waals surface area contributed by atoms with Crippen LogP contribution in [0.5, 0.6) is 0 Å². The summed E-state index contributed by atoms with van der Waals surface area (Å²) in [5.74, 6) is -2.84. The fourth-order valence-electron chi connectivity index (χ4n) is 1.65. The van der Waals surface area contributed by atoms with E-state index in [4.69, 9.17) is 4.52 Å². The molecule has 0 saturated carbocycles. The molecule has 1 N–H and O–H groups in total. The summed E-state index contributed by atoms with van der Waals surface area (Å²) < 4.78 is 55.2. The van der Waals surface area contributed by atoms with Crippen molar-refractivity contribution in [1.29, 1.82) is 0 Å². The van der Waals surface area contributed by atoms with Gasteiger partial charge in [0.15, 0.2) is 27.3 Å². The van der Waals surface area contributed by atoms with E-state index < -0.39 is 37.5 Å². The van der Waals surface area contributed by atoms with E-state index in [1.807, 2.05) is 0 Å². The summed E-state index contributed by atoms with van der Waals surface area (Å²) in [6.45, 7) is 2.74. The van der Waals surface area contributed by atoms with Crippen LogP contribution < -0.4 is 5.32 Å². The van der Waals surface area contributed by atoms with Crippen molar-refractivity contribution in [3.05, 3.63) is 41.7 Å². The van der Waals surface area contributed by atoms with Crippen LogP contribution >= 0.6 is 0 Å². The second-order valence-corrected chi connectivity index (χ2v) is 6.84. The molecule has 0 aliphatic rings. The third-order valence-electron chi connectivity index (χ3n) is 2.93. The zero-order valence-electron chi connectivity index (χ0n) is 11.6. The Hall–Kier alpha value is -2.29. The highest BCUT2D eigenvalue weighted by atomic mass is 32.2.